The van der Waals surface area contributed by atoms with Crippen LogP contribution in [0.3, 0.4) is 0 Å². The van der Waals surface area contributed by atoms with Crippen LogP contribution in [-0.2, 0) is 30.6 Å². The summed E-state index contributed by atoms with van der Waals surface area (Å²) in [5.41, 5.74) is 13.3. The number of hydrogen-bond donors (Lipinski definition) is 2. The fourth-order valence-electron chi connectivity index (χ4n) is 4.32. The second-order valence-electron chi connectivity index (χ2n) is 8.60. The molecule has 1 heterocycles. The lowest BCUT2D eigenvalue weighted by Gasteiger charge is -2.29. The SMILES string of the molecule is C=C\C=C(/N=C(C)/C=C(\N)C(=O)N1CCc2ccc(C(=O)O)cc2C1)c1ccc(CC)c(CC)c1. The molecule has 182 valence electrons. The molecule has 0 radical (unpaired) electrons. The summed E-state index contributed by atoms with van der Waals surface area (Å²) in [6.07, 6.45) is 7.70. The summed E-state index contributed by atoms with van der Waals surface area (Å²) in [6.45, 7) is 10.8. The molecule has 0 atom stereocenters. The van der Waals surface area contributed by atoms with Crippen LogP contribution in [0, 0.1) is 0 Å². The number of aromatic carboxylic acids is 1. The van der Waals surface area contributed by atoms with Gasteiger partial charge in [0.15, 0.2) is 0 Å². The zero-order valence-corrected chi connectivity index (χ0v) is 20.7. The second kappa shape index (κ2) is 11.5. The lowest BCUT2D eigenvalue weighted by Crippen LogP contribution is -2.38. The summed E-state index contributed by atoms with van der Waals surface area (Å²) in [4.78, 5) is 30.7. The smallest absolute Gasteiger partial charge is 0.335 e. The number of rotatable bonds is 8. The molecular formula is C29H33N3O3. The Morgan fingerprint density at radius 1 is 1.09 bits per heavy atom. The summed E-state index contributed by atoms with van der Waals surface area (Å²) in [5.74, 6) is -1.28. The highest BCUT2D eigenvalue weighted by Crippen LogP contribution is 2.23. The molecule has 0 saturated carbocycles. The maximum atomic E-state index is 13.0. The van der Waals surface area contributed by atoms with Crippen molar-refractivity contribution in [2.75, 3.05) is 6.54 Å². The van der Waals surface area contributed by atoms with Gasteiger partial charge in [-0.25, -0.2) is 4.79 Å². The molecule has 6 nitrogen and oxygen atoms in total. The Labute approximate surface area is 207 Å². The molecule has 0 fully saturated rings. The zero-order valence-electron chi connectivity index (χ0n) is 20.7. The summed E-state index contributed by atoms with van der Waals surface area (Å²) in [6, 6.07) is 11.4. The van der Waals surface area contributed by atoms with Crippen LogP contribution in [0.5, 0.6) is 0 Å². The molecule has 1 amide bonds. The Morgan fingerprint density at radius 2 is 1.80 bits per heavy atom. The van der Waals surface area contributed by atoms with Gasteiger partial charge in [-0.1, -0.05) is 44.7 Å². The van der Waals surface area contributed by atoms with Gasteiger partial charge in [-0.15, -0.1) is 0 Å². The summed E-state index contributed by atoms with van der Waals surface area (Å²) >= 11 is 0. The van der Waals surface area contributed by atoms with E-state index in [4.69, 9.17) is 10.7 Å². The molecule has 0 aliphatic carbocycles. The molecule has 0 saturated heterocycles. The van der Waals surface area contributed by atoms with Crippen LogP contribution in [0.4, 0.5) is 0 Å². The third kappa shape index (κ3) is 6.15. The van der Waals surface area contributed by atoms with E-state index < -0.39 is 5.97 Å². The van der Waals surface area contributed by atoms with Crippen LogP contribution in [0.25, 0.3) is 5.70 Å². The Kier molecular flexibility index (Phi) is 8.42. The predicted molar refractivity (Wildman–Crippen MR) is 141 cm³/mol. The molecule has 2 aromatic carbocycles. The molecule has 3 N–H and O–H groups in total. The minimum absolute atomic E-state index is 0.0950. The lowest BCUT2D eigenvalue weighted by molar-refractivity contribution is -0.128. The van der Waals surface area contributed by atoms with Gasteiger partial charge in [-0.3, -0.25) is 9.79 Å². The lowest BCUT2D eigenvalue weighted by atomic mass is 9.97. The van der Waals surface area contributed by atoms with Gasteiger partial charge in [-0.2, -0.15) is 0 Å². The molecule has 0 spiro atoms. The van der Waals surface area contributed by atoms with Crippen LogP contribution in [0.2, 0.25) is 0 Å². The maximum absolute atomic E-state index is 13.0. The van der Waals surface area contributed by atoms with Crippen LogP contribution in [0.15, 0.2) is 71.9 Å². The Balaban J connectivity index is 1.81. The number of carboxylic acids is 1. The van der Waals surface area contributed by atoms with Gasteiger partial charge < -0.3 is 15.7 Å². The number of aryl methyl sites for hydroxylation is 2. The number of nitrogens with zero attached hydrogens (tertiary/aromatic N) is 2. The average molecular weight is 472 g/mol. The van der Waals surface area contributed by atoms with E-state index in [9.17, 15) is 14.7 Å². The van der Waals surface area contributed by atoms with Crippen molar-refractivity contribution < 1.29 is 14.7 Å². The van der Waals surface area contributed by atoms with E-state index in [1.165, 1.54) is 11.1 Å². The van der Waals surface area contributed by atoms with Crippen molar-refractivity contribution in [1.82, 2.24) is 4.90 Å². The second-order valence-corrected chi connectivity index (χ2v) is 8.60. The van der Waals surface area contributed by atoms with Gasteiger partial charge in [0.1, 0.15) is 0 Å². The van der Waals surface area contributed by atoms with Gasteiger partial charge in [0.05, 0.1) is 17.0 Å². The summed E-state index contributed by atoms with van der Waals surface area (Å²) < 4.78 is 0. The molecule has 2 aromatic rings. The van der Waals surface area contributed by atoms with Crippen LogP contribution < -0.4 is 5.73 Å². The van der Waals surface area contributed by atoms with Crippen molar-refractivity contribution in [3.63, 3.8) is 0 Å². The normalized spacial score (nSPS) is 14.5. The third-order valence-electron chi connectivity index (χ3n) is 6.20. The molecule has 0 unspecified atom stereocenters. The van der Waals surface area contributed by atoms with Gasteiger partial charge in [0.25, 0.3) is 5.91 Å². The molecule has 35 heavy (non-hydrogen) atoms. The highest BCUT2D eigenvalue weighted by molar-refractivity contribution is 6.04. The molecule has 0 aromatic heterocycles. The van der Waals surface area contributed by atoms with Gasteiger partial charge in [-0.05, 0) is 78.8 Å². The number of allylic oxidation sites excluding steroid dienone is 3. The number of carbonyl (C=O) groups is 2. The minimum Gasteiger partial charge on any atom is -0.478 e. The fraction of sp³-hybridized carbons (Fsp3) is 0.276. The Bertz CT molecular complexity index is 1240. The average Bonchev–Trinajstić information content (AvgIpc) is 2.86. The van der Waals surface area contributed by atoms with Crippen molar-refractivity contribution in [3.05, 3.63) is 100 Å². The first-order valence-corrected chi connectivity index (χ1v) is 11.9. The number of benzene rings is 2. The van der Waals surface area contributed by atoms with Crippen LogP contribution in [0.1, 0.15) is 58.9 Å². The summed E-state index contributed by atoms with van der Waals surface area (Å²) in [7, 11) is 0. The van der Waals surface area contributed by atoms with Crippen molar-refractivity contribution in [2.45, 2.75) is 46.6 Å². The van der Waals surface area contributed by atoms with E-state index in [0.29, 0.717) is 25.2 Å². The van der Waals surface area contributed by atoms with E-state index in [2.05, 4.69) is 38.6 Å². The van der Waals surface area contributed by atoms with E-state index >= 15 is 0 Å². The van der Waals surface area contributed by atoms with E-state index in [1.54, 1.807) is 29.2 Å². The number of carbonyl (C=O) groups excluding carboxylic acids is 1. The number of nitrogens with two attached hydrogens (primary N) is 1. The van der Waals surface area contributed by atoms with Gasteiger partial charge in [0.2, 0.25) is 0 Å². The molecule has 1 aliphatic rings. The van der Waals surface area contributed by atoms with Crippen molar-refractivity contribution in [2.24, 2.45) is 10.7 Å². The highest BCUT2D eigenvalue weighted by atomic mass is 16.4. The molecule has 1 aliphatic heterocycles. The van der Waals surface area contributed by atoms with Gasteiger partial charge >= 0.3 is 5.97 Å². The van der Waals surface area contributed by atoms with E-state index in [-0.39, 0.29) is 17.2 Å². The highest BCUT2D eigenvalue weighted by Gasteiger charge is 2.23. The predicted octanol–water partition coefficient (Wildman–Crippen LogP) is 4.92. The largest absolute Gasteiger partial charge is 0.478 e. The number of fused-ring (bicyclic) bond motifs is 1. The number of carboxylic acid groups (broad SMARTS) is 1. The third-order valence-corrected chi connectivity index (χ3v) is 6.20. The zero-order chi connectivity index (χ0) is 25.5. The molecule has 0 bridgehead atoms. The standard InChI is InChI=1S/C29H33N3O3/c1-5-8-27(23-11-9-20(6-2)21(7-3)16-23)31-19(4)15-26(30)28(33)32-14-13-22-10-12-24(29(34)35)17-25(22)18-32/h5,8-12,15-17H,1,6-7,13-14,18,30H2,2-4H3,(H,34,35)/b26-15-,27-8-,31-19+. The topological polar surface area (TPSA) is 96.0 Å². The monoisotopic (exact) mass is 471 g/mol. The number of aliphatic imine (C=N–C) groups is 1. The molecule has 3 rings (SSSR count). The van der Waals surface area contributed by atoms with E-state index in [1.807, 2.05) is 19.1 Å². The number of amides is 1. The summed E-state index contributed by atoms with van der Waals surface area (Å²) in [5, 5.41) is 9.26. The first-order valence-electron chi connectivity index (χ1n) is 11.9. The first kappa shape index (κ1) is 25.7. The first-order chi connectivity index (χ1) is 16.8. The maximum Gasteiger partial charge on any atom is 0.335 e. The van der Waals surface area contributed by atoms with Crippen LogP contribution in [-0.4, -0.2) is 34.1 Å². The van der Waals surface area contributed by atoms with E-state index in [0.717, 1.165) is 35.2 Å². The quantitative estimate of drug-likeness (QED) is 0.324. The fourth-order valence-corrected chi connectivity index (χ4v) is 4.32. The molecule has 6 heteroatoms. The minimum atomic E-state index is -0.985. The van der Waals surface area contributed by atoms with Crippen molar-refractivity contribution in [3.8, 4) is 0 Å². The van der Waals surface area contributed by atoms with Gasteiger partial charge in [0, 0.05) is 24.4 Å². The van der Waals surface area contributed by atoms with Crippen molar-refractivity contribution in [1.29, 1.82) is 0 Å². The Morgan fingerprint density at radius 3 is 2.46 bits per heavy atom. The number of hydrogen-bond acceptors (Lipinski definition) is 4. The van der Waals surface area contributed by atoms with Crippen molar-refractivity contribution >= 4 is 23.3 Å². The Hall–Kier alpha value is -3.93. The molecular weight excluding hydrogens is 438 g/mol. The van der Waals surface area contributed by atoms with Crippen LogP contribution >= 0.6 is 0 Å².